The van der Waals surface area contributed by atoms with Gasteiger partial charge >= 0.3 is 0 Å². The van der Waals surface area contributed by atoms with E-state index in [1.165, 1.54) is 24.3 Å². The Bertz CT molecular complexity index is 1190. The van der Waals surface area contributed by atoms with Crippen LogP contribution in [0.3, 0.4) is 0 Å². The van der Waals surface area contributed by atoms with Crippen LogP contribution in [0.5, 0.6) is 5.75 Å². The fourth-order valence-corrected chi connectivity index (χ4v) is 3.49. The summed E-state index contributed by atoms with van der Waals surface area (Å²) < 4.78 is 21.1. The number of amides is 1. The van der Waals surface area contributed by atoms with Gasteiger partial charge in [0.25, 0.3) is 5.91 Å². The number of para-hydroxylation sites is 2. The second-order valence-electron chi connectivity index (χ2n) is 7.38. The number of hydrogen-bond donors (Lipinski definition) is 1. The van der Waals surface area contributed by atoms with E-state index in [0.29, 0.717) is 18.7 Å². The normalized spacial score (nSPS) is 10.9. The summed E-state index contributed by atoms with van der Waals surface area (Å²) >= 11 is 0. The van der Waals surface area contributed by atoms with Crippen molar-refractivity contribution in [1.82, 2.24) is 14.9 Å². The fraction of sp³-hybridized carbons (Fsp3) is 0.200. The minimum absolute atomic E-state index is 0.263. The summed E-state index contributed by atoms with van der Waals surface area (Å²) in [5.41, 5.74) is 3.48. The third-order valence-corrected chi connectivity index (χ3v) is 5.03. The zero-order valence-electron chi connectivity index (χ0n) is 17.3. The molecule has 4 rings (SSSR count). The zero-order valence-corrected chi connectivity index (χ0v) is 17.3. The maximum Gasteiger partial charge on any atom is 0.251 e. The molecule has 0 bridgehead atoms. The first kappa shape index (κ1) is 20.6. The van der Waals surface area contributed by atoms with Gasteiger partial charge in [-0.05, 0) is 67.4 Å². The molecule has 1 amide bonds. The topological polar surface area (TPSA) is 56.1 Å². The molecule has 1 heterocycles. The van der Waals surface area contributed by atoms with Gasteiger partial charge in [0, 0.05) is 12.1 Å². The van der Waals surface area contributed by atoms with Crippen molar-refractivity contribution in [3.63, 3.8) is 0 Å². The van der Waals surface area contributed by atoms with Crippen molar-refractivity contribution in [3.8, 4) is 5.75 Å². The summed E-state index contributed by atoms with van der Waals surface area (Å²) in [6.45, 7) is 3.62. The molecule has 6 heteroatoms. The van der Waals surface area contributed by atoms with Gasteiger partial charge in [0.15, 0.2) is 0 Å². The van der Waals surface area contributed by atoms with Crippen molar-refractivity contribution in [1.29, 1.82) is 0 Å². The molecule has 0 saturated carbocycles. The van der Waals surface area contributed by atoms with E-state index in [9.17, 15) is 9.18 Å². The van der Waals surface area contributed by atoms with Gasteiger partial charge in [-0.1, -0.05) is 24.3 Å². The van der Waals surface area contributed by atoms with Crippen molar-refractivity contribution in [2.75, 3.05) is 6.61 Å². The largest absolute Gasteiger partial charge is 0.494 e. The van der Waals surface area contributed by atoms with E-state index in [4.69, 9.17) is 4.74 Å². The molecule has 158 valence electrons. The third kappa shape index (κ3) is 5.09. The molecule has 0 atom stereocenters. The van der Waals surface area contributed by atoms with Gasteiger partial charge in [0.05, 0.1) is 24.2 Å². The summed E-state index contributed by atoms with van der Waals surface area (Å²) in [5, 5.41) is 2.88. The van der Waals surface area contributed by atoms with Gasteiger partial charge in [0.1, 0.15) is 17.4 Å². The maximum atomic E-state index is 13.1. The number of carbonyl (C=O) groups is 1. The van der Waals surface area contributed by atoms with Crippen LogP contribution < -0.4 is 10.1 Å². The van der Waals surface area contributed by atoms with Gasteiger partial charge in [0.2, 0.25) is 0 Å². The molecule has 1 aromatic heterocycles. The van der Waals surface area contributed by atoms with Crippen LogP contribution in [0.25, 0.3) is 11.0 Å². The highest BCUT2D eigenvalue weighted by molar-refractivity contribution is 5.94. The lowest BCUT2D eigenvalue weighted by atomic mass is 10.2. The van der Waals surface area contributed by atoms with Crippen LogP contribution in [0.1, 0.15) is 28.2 Å². The van der Waals surface area contributed by atoms with Crippen LogP contribution in [-0.4, -0.2) is 22.1 Å². The van der Waals surface area contributed by atoms with Crippen LogP contribution in [0, 0.1) is 12.7 Å². The van der Waals surface area contributed by atoms with Crippen LogP contribution in [0.4, 0.5) is 4.39 Å². The highest BCUT2D eigenvalue weighted by Gasteiger charge is 2.12. The van der Waals surface area contributed by atoms with Crippen molar-refractivity contribution >= 4 is 16.9 Å². The second-order valence-corrected chi connectivity index (χ2v) is 7.38. The van der Waals surface area contributed by atoms with Crippen molar-refractivity contribution in [2.45, 2.75) is 26.4 Å². The number of halogens is 1. The summed E-state index contributed by atoms with van der Waals surface area (Å²) in [6.07, 6.45) is 0.799. The van der Waals surface area contributed by atoms with Gasteiger partial charge in [-0.2, -0.15) is 0 Å². The van der Waals surface area contributed by atoms with E-state index in [2.05, 4.69) is 14.9 Å². The number of fused-ring (bicyclic) bond motifs is 1. The average molecular weight is 417 g/mol. The summed E-state index contributed by atoms with van der Waals surface area (Å²) in [6, 6.07) is 21.4. The Morgan fingerprint density at radius 1 is 1.06 bits per heavy atom. The molecule has 3 aromatic carbocycles. The Morgan fingerprint density at radius 2 is 1.87 bits per heavy atom. The van der Waals surface area contributed by atoms with Gasteiger partial charge in [-0.15, -0.1) is 0 Å². The molecule has 0 aliphatic rings. The predicted octanol–water partition coefficient (Wildman–Crippen LogP) is 4.88. The Balaban J connectivity index is 1.42. The van der Waals surface area contributed by atoms with Gasteiger partial charge in [-0.25, -0.2) is 9.37 Å². The van der Waals surface area contributed by atoms with E-state index in [1.54, 1.807) is 0 Å². The molecule has 4 aromatic rings. The number of carbonyl (C=O) groups excluding carboxylic acids is 1. The molecular weight excluding hydrogens is 393 g/mol. The lowest BCUT2D eigenvalue weighted by Crippen LogP contribution is -2.25. The molecule has 0 fully saturated rings. The number of nitrogens with zero attached hydrogens (tertiary/aromatic N) is 2. The van der Waals surface area contributed by atoms with Crippen LogP contribution in [0.2, 0.25) is 0 Å². The molecule has 0 unspecified atom stereocenters. The van der Waals surface area contributed by atoms with E-state index < -0.39 is 0 Å². The smallest absolute Gasteiger partial charge is 0.251 e. The monoisotopic (exact) mass is 417 g/mol. The predicted molar refractivity (Wildman–Crippen MR) is 119 cm³/mol. The van der Waals surface area contributed by atoms with Crippen molar-refractivity contribution in [2.24, 2.45) is 0 Å². The van der Waals surface area contributed by atoms with E-state index >= 15 is 0 Å². The van der Waals surface area contributed by atoms with E-state index in [-0.39, 0.29) is 18.3 Å². The molecule has 5 nitrogen and oxygen atoms in total. The summed E-state index contributed by atoms with van der Waals surface area (Å²) in [5.74, 6) is 1.00. The first-order valence-electron chi connectivity index (χ1n) is 10.3. The number of hydrogen-bond acceptors (Lipinski definition) is 3. The molecular formula is C25H24FN3O2. The zero-order chi connectivity index (χ0) is 21.6. The van der Waals surface area contributed by atoms with E-state index in [1.807, 2.05) is 55.5 Å². The molecule has 0 spiro atoms. The standard InChI is InChI=1S/C25H24FN3O2/c1-18-6-4-7-21(16-18)31-15-5-14-29-23-9-3-2-8-22(23)28-24(29)17-27-25(30)19-10-12-20(26)13-11-19/h2-4,6-13,16H,5,14-15,17H2,1H3,(H,27,30). The molecule has 1 N–H and O–H groups in total. The summed E-state index contributed by atoms with van der Waals surface area (Å²) in [4.78, 5) is 17.1. The quantitative estimate of drug-likeness (QED) is 0.416. The molecule has 0 saturated heterocycles. The van der Waals surface area contributed by atoms with Crippen LogP contribution in [0.15, 0.2) is 72.8 Å². The molecule has 31 heavy (non-hydrogen) atoms. The Labute approximate surface area is 180 Å². The number of aromatic nitrogens is 2. The fourth-order valence-electron chi connectivity index (χ4n) is 3.49. The van der Waals surface area contributed by atoms with E-state index in [0.717, 1.165) is 34.6 Å². The first-order chi connectivity index (χ1) is 15.1. The first-order valence-corrected chi connectivity index (χ1v) is 10.3. The van der Waals surface area contributed by atoms with Gasteiger partial charge in [-0.3, -0.25) is 4.79 Å². The number of imidazole rings is 1. The lowest BCUT2D eigenvalue weighted by Gasteiger charge is -2.11. The summed E-state index contributed by atoms with van der Waals surface area (Å²) in [7, 11) is 0. The highest BCUT2D eigenvalue weighted by Crippen LogP contribution is 2.18. The lowest BCUT2D eigenvalue weighted by molar-refractivity contribution is 0.0949. The Hall–Kier alpha value is -3.67. The number of rotatable bonds is 8. The number of ether oxygens (including phenoxy) is 1. The third-order valence-electron chi connectivity index (χ3n) is 5.03. The van der Waals surface area contributed by atoms with Crippen molar-refractivity contribution < 1.29 is 13.9 Å². The number of aryl methyl sites for hydroxylation is 2. The molecule has 0 radical (unpaired) electrons. The van der Waals surface area contributed by atoms with Crippen LogP contribution in [-0.2, 0) is 13.1 Å². The average Bonchev–Trinajstić information content (AvgIpc) is 3.13. The minimum atomic E-state index is -0.369. The second kappa shape index (κ2) is 9.43. The van der Waals surface area contributed by atoms with Gasteiger partial charge < -0.3 is 14.6 Å². The number of benzene rings is 3. The van der Waals surface area contributed by atoms with Crippen LogP contribution >= 0.6 is 0 Å². The highest BCUT2D eigenvalue weighted by atomic mass is 19.1. The molecule has 0 aliphatic heterocycles. The Morgan fingerprint density at radius 3 is 2.68 bits per heavy atom. The van der Waals surface area contributed by atoms with Crippen molar-refractivity contribution in [3.05, 3.63) is 95.6 Å². The molecule has 0 aliphatic carbocycles. The SMILES string of the molecule is Cc1cccc(OCCCn2c(CNC(=O)c3ccc(F)cc3)nc3ccccc32)c1. The Kier molecular flexibility index (Phi) is 6.26. The maximum absolute atomic E-state index is 13.1. The minimum Gasteiger partial charge on any atom is -0.494 e. The number of nitrogens with one attached hydrogen (secondary N) is 1.